The summed E-state index contributed by atoms with van der Waals surface area (Å²) in [5, 5.41) is 0. The lowest BCUT2D eigenvalue weighted by molar-refractivity contribution is -0.139. The fourth-order valence-electron chi connectivity index (χ4n) is 0.422. The number of ether oxygens (including phenoxy) is 1. The van der Waals surface area contributed by atoms with Crippen LogP contribution in [0.1, 0.15) is 13.3 Å². The van der Waals surface area contributed by atoms with Crippen molar-refractivity contribution < 1.29 is 13.8 Å². The van der Waals surface area contributed by atoms with Crippen LogP contribution in [0.4, 0.5) is 0 Å². The first-order chi connectivity index (χ1) is 5.22. The Hall–Kier alpha value is -0.540. The molecule has 0 aliphatic heterocycles. The predicted molar refractivity (Wildman–Crippen MR) is 42.2 cm³/mol. The molecule has 0 aliphatic carbocycles. The van der Waals surface area contributed by atoms with Crippen molar-refractivity contribution in [1.82, 2.24) is 0 Å². The van der Waals surface area contributed by atoms with E-state index in [1.54, 1.807) is 0 Å². The monoisotopic (exact) mass is 178 g/mol. The van der Waals surface area contributed by atoms with Gasteiger partial charge in [-0.25, -0.2) is 4.79 Å². The van der Waals surface area contributed by atoms with Gasteiger partial charge >= 0.3 is 5.97 Å². The van der Waals surface area contributed by atoms with Gasteiger partial charge in [0.05, 0.1) is 30.7 Å². The summed E-state index contributed by atoms with van der Waals surface area (Å²) in [4.78, 5) is 10.8. The molecule has 0 aromatic carbocycles. The second kappa shape index (κ2) is 6.19. The smallest absolute Gasteiger partial charge is 0.335 e. The van der Waals surface area contributed by atoms with Gasteiger partial charge in [0.25, 0.3) is 0 Å². The number of rotatable bonds is 5. The molecular weight excluding hydrogens is 168 g/mol. The molecule has 0 radical (unpaired) electrons. The van der Waals surface area contributed by atoms with Gasteiger partial charge in [-0.1, -0.05) is 13.5 Å². The highest BCUT2D eigenvalue weighted by Crippen LogP contribution is 1.97. The summed E-state index contributed by atoms with van der Waals surface area (Å²) < 4.78 is 8.90. The van der Waals surface area contributed by atoms with Gasteiger partial charge in [-0.15, -0.1) is 0 Å². The molecule has 0 spiro atoms. The molecule has 0 rings (SSSR count). The van der Waals surface area contributed by atoms with Gasteiger partial charge in [-0.3, -0.25) is 4.29 Å². The highest BCUT2D eigenvalue weighted by molar-refractivity contribution is 6.07. The molecule has 3 nitrogen and oxygen atoms in total. The molecule has 0 atom stereocenters. The van der Waals surface area contributed by atoms with Crippen LogP contribution in [0.2, 0.25) is 0 Å². The number of halogens is 1. The Kier molecular flexibility index (Phi) is 5.88. The Labute approximate surface area is 71.1 Å². The second-order valence-electron chi connectivity index (χ2n) is 1.99. The molecule has 0 saturated heterocycles. The molecule has 0 aliphatic rings. The van der Waals surface area contributed by atoms with Crippen molar-refractivity contribution in [2.45, 2.75) is 13.3 Å². The molecule has 0 amide bonds. The molecule has 0 N–H and O–H groups in total. The van der Waals surface area contributed by atoms with Gasteiger partial charge in [0.15, 0.2) is 0 Å². The summed E-state index contributed by atoms with van der Waals surface area (Å²) in [6.45, 7) is 5.73. The van der Waals surface area contributed by atoms with Crippen LogP contribution in [0.15, 0.2) is 12.2 Å². The lowest BCUT2D eigenvalue weighted by atomic mass is 10.3. The number of hydrogen-bond donors (Lipinski definition) is 0. The summed E-state index contributed by atoms with van der Waals surface area (Å²) in [5.74, 6) is -0.451. The third kappa shape index (κ3) is 4.81. The largest absolute Gasteiger partial charge is 0.462 e. The number of esters is 1. The highest BCUT2D eigenvalue weighted by Gasteiger charge is 2.06. The Morgan fingerprint density at radius 3 is 2.73 bits per heavy atom. The van der Waals surface area contributed by atoms with E-state index >= 15 is 0 Å². The zero-order chi connectivity index (χ0) is 8.69. The Balaban J connectivity index is 3.56. The second-order valence-corrected chi connectivity index (χ2v) is 2.21. The molecule has 11 heavy (non-hydrogen) atoms. The van der Waals surface area contributed by atoms with E-state index in [1.165, 1.54) is 0 Å². The molecule has 64 valence electrons. The first-order valence-corrected chi connectivity index (χ1v) is 3.61. The van der Waals surface area contributed by atoms with E-state index in [2.05, 4.69) is 10.9 Å². The minimum absolute atomic E-state index is 0.00407. The Bertz CT molecular complexity index is 145. The summed E-state index contributed by atoms with van der Waals surface area (Å²) in [7, 11) is 0. The van der Waals surface area contributed by atoms with Crippen molar-refractivity contribution >= 4 is 17.8 Å². The first kappa shape index (κ1) is 10.5. The fourth-order valence-corrected chi connectivity index (χ4v) is 0.553. The van der Waals surface area contributed by atoms with Gasteiger partial charge in [-0.2, -0.15) is 0 Å². The van der Waals surface area contributed by atoms with Crippen LogP contribution in [-0.4, -0.2) is 19.2 Å². The lowest BCUT2D eigenvalue weighted by Gasteiger charge is -2.02. The minimum atomic E-state index is -0.451. The average molecular weight is 179 g/mol. The van der Waals surface area contributed by atoms with Gasteiger partial charge < -0.3 is 4.74 Å². The lowest BCUT2D eigenvalue weighted by Crippen LogP contribution is -2.10. The summed E-state index contributed by atoms with van der Waals surface area (Å²) >= 11 is 4.91. The molecule has 0 aromatic heterocycles. The van der Waals surface area contributed by atoms with Crippen molar-refractivity contribution in [2.24, 2.45) is 0 Å². The summed E-state index contributed by atoms with van der Waals surface area (Å²) in [6.07, 6.45) is 0.792. The molecule has 0 saturated carbocycles. The van der Waals surface area contributed by atoms with E-state index in [-0.39, 0.29) is 12.2 Å². The van der Waals surface area contributed by atoms with Crippen molar-refractivity contribution in [2.75, 3.05) is 13.2 Å². The van der Waals surface area contributed by atoms with Crippen molar-refractivity contribution in [3.63, 3.8) is 0 Å². The van der Waals surface area contributed by atoms with Crippen LogP contribution in [-0.2, 0) is 13.8 Å². The molecular formula is C7H11ClO3. The molecule has 0 fully saturated rings. The van der Waals surface area contributed by atoms with Crippen molar-refractivity contribution in [3.8, 4) is 0 Å². The van der Waals surface area contributed by atoms with E-state index in [1.807, 2.05) is 6.92 Å². The van der Waals surface area contributed by atoms with Crippen LogP contribution in [0.5, 0.6) is 0 Å². The minimum Gasteiger partial charge on any atom is -0.462 e. The van der Waals surface area contributed by atoms with Crippen LogP contribution < -0.4 is 0 Å². The predicted octanol–water partition coefficient (Wildman–Crippen LogP) is 1.67. The molecule has 0 unspecified atom stereocenters. The third-order valence-corrected chi connectivity index (χ3v) is 1.06. The first-order valence-electron chi connectivity index (χ1n) is 3.30. The van der Waals surface area contributed by atoms with E-state index < -0.39 is 5.97 Å². The topological polar surface area (TPSA) is 35.5 Å². The van der Waals surface area contributed by atoms with E-state index in [0.717, 1.165) is 6.42 Å². The van der Waals surface area contributed by atoms with Crippen molar-refractivity contribution in [1.29, 1.82) is 0 Å². The van der Waals surface area contributed by atoms with E-state index in [0.29, 0.717) is 6.61 Å². The Morgan fingerprint density at radius 1 is 1.64 bits per heavy atom. The molecule has 4 heteroatoms. The fraction of sp³-hybridized carbons (Fsp3) is 0.571. The SMILES string of the molecule is C=C(COCl)C(=O)OCCC. The maximum atomic E-state index is 10.8. The van der Waals surface area contributed by atoms with E-state index in [9.17, 15) is 4.79 Å². The zero-order valence-corrected chi connectivity index (χ0v) is 7.19. The van der Waals surface area contributed by atoms with Gasteiger partial charge in [0.2, 0.25) is 0 Å². The highest BCUT2D eigenvalue weighted by atomic mass is 35.5. The van der Waals surface area contributed by atoms with Gasteiger partial charge in [-0.05, 0) is 6.42 Å². The van der Waals surface area contributed by atoms with Crippen molar-refractivity contribution in [3.05, 3.63) is 12.2 Å². The Morgan fingerprint density at radius 2 is 2.27 bits per heavy atom. The summed E-state index contributed by atoms with van der Waals surface area (Å²) in [6, 6.07) is 0. The average Bonchev–Trinajstić information content (AvgIpc) is 2.00. The molecule has 0 bridgehead atoms. The van der Waals surface area contributed by atoms with Crippen LogP contribution in [0.3, 0.4) is 0 Å². The van der Waals surface area contributed by atoms with Crippen LogP contribution in [0.25, 0.3) is 0 Å². The number of carbonyl (C=O) groups is 1. The third-order valence-electron chi connectivity index (χ3n) is 0.955. The van der Waals surface area contributed by atoms with Crippen LogP contribution >= 0.6 is 11.9 Å². The standard InChI is InChI=1S/C7H11ClO3/c1-3-4-10-7(9)6(2)5-11-8/h2-5H2,1H3. The van der Waals surface area contributed by atoms with E-state index in [4.69, 9.17) is 16.6 Å². The quantitative estimate of drug-likeness (QED) is 0.475. The summed E-state index contributed by atoms with van der Waals surface area (Å²) in [5.41, 5.74) is 0.230. The zero-order valence-electron chi connectivity index (χ0n) is 6.43. The van der Waals surface area contributed by atoms with Gasteiger partial charge in [0, 0.05) is 0 Å². The maximum absolute atomic E-state index is 10.8. The number of carbonyl (C=O) groups excluding carboxylic acids is 1. The molecule has 0 aromatic rings. The number of hydrogen-bond acceptors (Lipinski definition) is 3. The normalized spacial score (nSPS) is 9.27. The molecule has 0 heterocycles. The van der Waals surface area contributed by atoms with Crippen LogP contribution in [0, 0.1) is 0 Å². The maximum Gasteiger partial charge on any atom is 0.335 e. The van der Waals surface area contributed by atoms with Gasteiger partial charge in [0.1, 0.15) is 0 Å².